The van der Waals surface area contributed by atoms with E-state index in [-0.39, 0.29) is 22.9 Å². The summed E-state index contributed by atoms with van der Waals surface area (Å²) in [7, 11) is -3.42. The molecule has 1 aromatic rings. The molecule has 1 aliphatic rings. The van der Waals surface area contributed by atoms with Gasteiger partial charge in [-0.15, -0.1) is 0 Å². The quantitative estimate of drug-likeness (QED) is 0.660. The van der Waals surface area contributed by atoms with E-state index in [1.807, 2.05) is 0 Å². The second kappa shape index (κ2) is 5.39. The summed E-state index contributed by atoms with van der Waals surface area (Å²) in [6.07, 6.45) is 1.05. The van der Waals surface area contributed by atoms with Crippen LogP contribution < -0.4 is 11.1 Å². The molecule has 110 valence electrons. The van der Waals surface area contributed by atoms with Gasteiger partial charge in [0.15, 0.2) is 9.84 Å². The van der Waals surface area contributed by atoms with E-state index >= 15 is 0 Å². The summed E-state index contributed by atoms with van der Waals surface area (Å²) in [6.45, 7) is 0.507. The number of hydrogen-bond acceptors (Lipinski definition) is 6. The number of nitrogens with two attached hydrogens (primary N) is 1. The average Bonchev–Trinajstić information content (AvgIpc) is 2.77. The number of benzene rings is 1. The maximum Gasteiger partial charge on any atom is 0.231 e. The van der Waals surface area contributed by atoms with Gasteiger partial charge in [-0.05, 0) is 18.2 Å². The molecule has 0 aliphatic carbocycles. The van der Waals surface area contributed by atoms with Crippen LogP contribution in [-0.2, 0) is 19.4 Å². The lowest BCUT2D eigenvalue weighted by atomic mass is 10.0. The molecule has 1 saturated heterocycles. The summed E-state index contributed by atoms with van der Waals surface area (Å²) < 4.78 is 28.0. The third-order valence-electron chi connectivity index (χ3n) is 3.12. The van der Waals surface area contributed by atoms with Crippen molar-refractivity contribution in [1.82, 2.24) is 0 Å². The number of hydrogen-bond donors (Lipinski definition) is 3. The predicted octanol–water partition coefficient (Wildman–Crippen LogP) is -0.292. The molecule has 1 heterocycles. The van der Waals surface area contributed by atoms with Gasteiger partial charge in [-0.25, -0.2) is 8.42 Å². The number of sulfone groups is 1. The highest BCUT2D eigenvalue weighted by Crippen LogP contribution is 2.27. The molecule has 1 aliphatic heterocycles. The van der Waals surface area contributed by atoms with Gasteiger partial charge in [-0.1, -0.05) is 0 Å². The van der Waals surface area contributed by atoms with E-state index in [1.165, 1.54) is 18.2 Å². The van der Waals surface area contributed by atoms with Crippen molar-refractivity contribution in [3.8, 4) is 5.75 Å². The van der Waals surface area contributed by atoms with Crippen LogP contribution >= 0.6 is 0 Å². The second-order valence-electron chi connectivity index (χ2n) is 4.75. The standard InChI is InChI=1S/C12H16N2O5S/c1-20(17,18)7-2-3-11(15)10(4-7)14-12(16)8-5-19-6-9(8)13/h2-4,8-9,15H,5-6,13H2,1H3,(H,14,16). The zero-order valence-electron chi connectivity index (χ0n) is 10.9. The summed E-state index contributed by atoms with van der Waals surface area (Å²) in [4.78, 5) is 12.0. The minimum absolute atomic E-state index is 0.0116. The van der Waals surface area contributed by atoms with Crippen molar-refractivity contribution in [3.05, 3.63) is 18.2 Å². The number of rotatable bonds is 3. The average molecular weight is 300 g/mol. The Hall–Kier alpha value is -1.64. The number of carbonyl (C=O) groups excluding carboxylic acids is 1. The van der Waals surface area contributed by atoms with Crippen LogP contribution in [0.15, 0.2) is 23.1 Å². The molecule has 1 amide bonds. The van der Waals surface area contributed by atoms with Gasteiger partial charge in [0.25, 0.3) is 0 Å². The first-order valence-electron chi connectivity index (χ1n) is 5.96. The highest BCUT2D eigenvalue weighted by atomic mass is 32.2. The Balaban J connectivity index is 2.22. The summed E-state index contributed by atoms with van der Waals surface area (Å²) in [6, 6.07) is 3.29. The van der Waals surface area contributed by atoms with E-state index < -0.39 is 27.7 Å². The molecule has 8 heteroatoms. The SMILES string of the molecule is CS(=O)(=O)c1ccc(O)c(NC(=O)C2COCC2N)c1. The van der Waals surface area contributed by atoms with Gasteiger partial charge in [0, 0.05) is 12.3 Å². The van der Waals surface area contributed by atoms with E-state index in [0.717, 1.165) is 6.26 Å². The molecule has 2 rings (SSSR count). The number of aromatic hydroxyl groups is 1. The fraction of sp³-hybridized carbons (Fsp3) is 0.417. The number of phenols is 1. The molecule has 0 aromatic heterocycles. The normalized spacial score (nSPS) is 22.7. The van der Waals surface area contributed by atoms with Gasteiger partial charge in [0.05, 0.1) is 29.7 Å². The topological polar surface area (TPSA) is 119 Å². The smallest absolute Gasteiger partial charge is 0.231 e. The molecular formula is C12H16N2O5S. The van der Waals surface area contributed by atoms with Crippen molar-refractivity contribution in [2.45, 2.75) is 10.9 Å². The van der Waals surface area contributed by atoms with E-state index in [1.54, 1.807) is 0 Å². The first-order valence-corrected chi connectivity index (χ1v) is 7.85. The summed E-state index contributed by atoms with van der Waals surface area (Å²) in [5.41, 5.74) is 5.77. The number of carbonyl (C=O) groups is 1. The Bertz CT molecular complexity index is 629. The number of phenolic OH excluding ortho intramolecular Hbond substituents is 1. The van der Waals surface area contributed by atoms with Gasteiger partial charge in [-0.3, -0.25) is 4.79 Å². The molecule has 1 fully saturated rings. The lowest BCUT2D eigenvalue weighted by Crippen LogP contribution is -2.37. The molecule has 2 unspecified atom stereocenters. The molecule has 7 nitrogen and oxygen atoms in total. The monoisotopic (exact) mass is 300 g/mol. The molecule has 1 aromatic carbocycles. The molecule has 0 spiro atoms. The van der Waals surface area contributed by atoms with Crippen LogP contribution in [0.25, 0.3) is 0 Å². The molecule has 0 saturated carbocycles. The van der Waals surface area contributed by atoms with E-state index in [0.29, 0.717) is 6.61 Å². The van der Waals surface area contributed by atoms with E-state index in [9.17, 15) is 18.3 Å². The summed E-state index contributed by atoms with van der Waals surface area (Å²) in [5.74, 6) is -1.13. The lowest BCUT2D eigenvalue weighted by molar-refractivity contribution is -0.120. The highest BCUT2D eigenvalue weighted by Gasteiger charge is 2.31. The van der Waals surface area contributed by atoms with Gasteiger partial charge < -0.3 is 20.9 Å². The molecule has 0 bridgehead atoms. The number of amides is 1. The Morgan fingerprint density at radius 1 is 1.45 bits per heavy atom. The van der Waals surface area contributed by atoms with Crippen LogP contribution in [0.1, 0.15) is 0 Å². The van der Waals surface area contributed by atoms with E-state index in [4.69, 9.17) is 10.5 Å². The van der Waals surface area contributed by atoms with Crippen molar-refractivity contribution < 1.29 is 23.1 Å². The third-order valence-corrected chi connectivity index (χ3v) is 4.23. The molecule has 4 N–H and O–H groups in total. The summed E-state index contributed by atoms with van der Waals surface area (Å²) >= 11 is 0. The van der Waals surface area contributed by atoms with E-state index in [2.05, 4.69) is 5.32 Å². The Morgan fingerprint density at radius 2 is 2.15 bits per heavy atom. The van der Waals surface area contributed by atoms with Crippen molar-refractivity contribution >= 4 is 21.4 Å². The number of ether oxygens (including phenoxy) is 1. The zero-order valence-corrected chi connectivity index (χ0v) is 11.7. The molecule has 0 radical (unpaired) electrons. The Kier molecular flexibility index (Phi) is 3.98. The molecule has 2 atom stereocenters. The van der Waals surface area contributed by atoms with Gasteiger partial charge >= 0.3 is 0 Å². The zero-order chi connectivity index (χ0) is 14.9. The van der Waals surface area contributed by atoms with Gasteiger partial charge in [0.1, 0.15) is 5.75 Å². The van der Waals surface area contributed by atoms with Crippen LogP contribution in [0.4, 0.5) is 5.69 Å². The largest absolute Gasteiger partial charge is 0.506 e. The van der Waals surface area contributed by atoms with Crippen LogP contribution in [0.3, 0.4) is 0 Å². The lowest BCUT2D eigenvalue weighted by Gasteiger charge is -2.14. The minimum atomic E-state index is -3.42. The van der Waals surface area contributed by atoms with Crippen molar-refractivity contribution in [1.29, 1.82) is 0 Å². The van der Waals surface area contributed by atoms with Gasteiger partial charge in [0.2, 0.25) is 5.91 Å². The first kappa shape index (κ1) is 14.8. The van der Waals surface area contributed by atoms with Crippen molar-refractivity contribution in [3.63, 3.8) is 0 Å². The summed E-state index contributed by atoms with van der Waals surface area (Å²) in [5, 5.41) is 12.2. The number of nitrogens with one attached hydrogen (secondary N) is 1. The number of anilines is 1. The van der Waals surface area contributed by atoms with Crippen molar-refractivity contribution in [2.24, 2.45) is 11.7 Å². The van der Waals surface area contributed by atoms with Crippen LogP contribution in [0.2, 0.25) is 0 Å². The van der Waals surface area contributed by atoms with Gasteiger partial charge in [-0.2, -0.15) is 0 Å². The Labute approximate surface area is 116 Å². The third kappa shape index (κ3) is 3.09. The van der Waals surface area contributed by atoms with Crippen LogP contribution in [0, 0.1) is 5.92 Å². The first-order chi connectivity index (χ1) is 9.29. The fourth-order valence-electron chi connectivity index (χ4n) is 1.91. The van der Waals surface area contributed by atoms with Crippen molar-refractivity contribution in [2.75, 3.05) is 24.8 Å². The maximum absolute atomic E-state index is 12.0. The predicted molar refractivity (Wildman–Crippen MR) is 72.1 cm³/mol. The maximum atomic E-state index is 12.0. The minimum Gasteiger partial charge on any atom is -0.506 e. The Morgan fingerprint density at radius 3 is 2.70 bits per heavy atom. The van der Waals surface area contributed by atoms with Crippen LogP contribution in [0.5, 0.6) is 5.75 Å². The second-order valence-corrected chi connectivity index (χ2v) is 6.76. The molecular weight excluding hydrogens is 284 g/mol. The van der Waals surface area contributed by atoms with Crippen LogP contribution in [-0.4, -0.2) is 44.9 Å². The molecule has 20 heavy (non-hydrogen) atoms. The highest BCUT2D eigenvalue weighted by molar-refractivity contribution is 7.90. The fourth-order valence-corrected chi connectivity index (χ4v) is 2.56.